The molecule has 5 nitrogen and oxygen atoms in total. The van der Waals surface area contributed by atoms with Crippen LogP contribution in [0.2, 0.25) is 0 Å². The van der Waals surface area contributed by atoms with Crippen LogP contribution in [-0.4, -0.2) is 17.1 Å². The predicted octanol–water partition coefficient (Wildman–Crippen LogP) is 2.50. The summed E-state index contributed by atoms with van der Waals surface area (Å²) in [7, 11) is 0. The molecular weight excluding hydrogens is 288 g/mol. The summed E-state index contributed by atoms with van der Waals surface area (Å²) in [5.41, 5.74) is 7.87. The van der Waals surface area contributed by atoms with E-state index in [1.165, 1.54) is 4.57 Å². The number of nitrogen functional groups attached to an aromatic ring is 1. The lowest BCUT2D eigenvalue weighted by atomic mass is 10.1. The van der Waals surface area contributed by atoms with Crippen molar-refractivity contribution in [3.05, 3.63) is 39.3 Å². The molecule has 0 spiro atoms. The molecule has 0 saturated carbocycles. The van der Waals surface area contributed by atoms with Gasteiger partial charge in [0.15, 0.2) is 0 Å². The fourth-order valence-corrected chi connectivity index (χ4v) is 2.63. The van der Waals surface area contributed by atoms with Gasteiger partial charge in [-0.25, -0.2) is 0 Å². The van der Waals surface area contributed by atoms with Crippen molar-refractivity contribution in [2.45, 2.75) is 26.3 Å². The van der Waals surface area contributed by atoms with Crippen LogP contribution in [0.25, 0.3) is 11.3 Å². The Morgan fingerprint density at radius 3 is 2.71 bits per heavy atom. The Labute approximate surface area is 127 Å². The maximum absolute atomic E-state index is 11.9. The minimum atomic E-state index is -0.388. The van der Waals surface area contributed by atoms with E-state index < -0.39 is 0 Å². The molecule has 0 aliphatic heterocycles. The zero-order chi connectivity index (χ0) is 15.2. The van der Waals surface area contributed by atoms with Gasteiger partial charge in [-0.05, 0) is 24.1 Å². The lowest BCUT2D eigenvalue weighted by Crippen LogP contribution is -2.22. The van der Waals surface area contributed by atoms with E-state index in [9.17, 15) is 9.59 Å². The molecule has 0 bridgehead atoms. The molecule has 2 N–H and O–H groups in total. The number of esters is 1. The third-order valence-electron chi connectivity index (χ3n) is 3.04. The van der Waals surface area contributed by atoms with Crippen LogP contribution < -0.4 is 10.6 Å². The highest BCUT2D eigenvalue weighted by Gasteiger charge is 2.13. The summed E-state index contributed by atoms with van der Waals surface area (Å²) in [5, 5.41) is 1.74. The molecule has 0 aliphatic rings. The molecule has 0 atom stereocenters. The van der Waals surface area contributed by atoms with E-state index in [0.29, 0.717) is 18.0 Å². The van der Waals surface area contributed by atoms with E-state index in [1.54, 1.807) is 17.5 Å². The third-order valence-corrected chi connectivity index (χ3v) is 3.80. The number of benzene rings is 1. The maximum atomic E-state index is 11.9. The Hall–Kier alpha value is -2.08. The van der Waals surface area contributed by atoms with E-state index in [2.05, 4.69) is 0 Å². The molecule has 0 unspecified atom stereocenters. The van der Waals surface area contributed by atoms with Gasteiger partial charge in [-0.1, -0.05) is 36.8 Å². The Bertz CT molecular complexity index is 658. The zero-order valence-electron chi connectivity index (χ0n) is 11.9. The molecule has 1 heterocycles. The number of anilines is 1. The van der Waals surface area contributed by atoms with Crippen molar-refractivity contribution in [3.8, 4) is 11.3 Å². The normalized spacial score (nSPS) is 10.5. The first-order valence-corrected chi connectivity index (χ1v) is 7.69. The number of nitrogens with zero attached hydrogens (tertiary/aromatic N) is 1. The molecule has 0 radical (unpaired) electrons. The summed E-state index contributed by atoms with van der Waals surface area (Å²) in [6, 6.07) is 7.19. The molecule has 0 aliphatic carbocycles. The first-order chi connectivity index (χ1) is 10.1. The largest absolute Gasteiger partial charge is 0.464 e. The highest BCUT2D eigenvalue weighted by Crippen LogP contribution is 2.21. The number of aromatic nitrogens is 1. The molecule has 0 amide bonds. The number of thiazole rings is 1. The Morgan fingerprint density at radius 2 is 2.05 bits per heavy atom. The van der Waals surface area contributed by atoms with E-state index in [4.69, 9.17) is 10.5 Å². The van der Waals surface area contributed by atoms with Gasteiger partial charge in [0.05, 0.1) is 12.3 Å². The second-order valence-corrected chi connectivity index (χ2v) is 5.49. The summed E-state index contributed by atoms with van der Waals surface area (Å²) in [6.07, 6.45) is 1.79. The van der Waals surface area contributed by atoms with Gasteiger partial charge < -0.3 is 10.5 Å². The van der Waals surface area contributed by atoms with Gasteiger partial charge >= 0.3 is 10.8 Å². The lowest BCUT2D eigenvalue weighted by Gasteiger charge is -2.08. The molecule has 0 fully saturated rings. The lowest BCUT2D eigenvalue weighted by molar-refractivity contribution is -0.144. The van der Waals surface area contributed by atoms with Crippen LogP contribution in [0.4, 0.5) is 5.69 Å². The van der Waals surface area contributed by atoms with E-state index in [0.717, 1.165) is 29.7 Å². The molecule has 1 aromatic heterocycles. The van der Waals surface area contributed by atoms with Crippen molar-refractivity contribution in [1.29, 1.82) is 0 Å². The fraction of sp³-hybridized carbons (Fsp3) is 0.333. The van der Waals surface area contributed by atoms with E-state index >= 15 is 0 Å². The summed E-state index contributed by atoms with van der Waals surface area (Å²) in [5.74, 6) is -0.388. The van der Waals surface area contributed by atoms with Crippen molar-refractivity contribution in [2.24, 2.45) is 0 Å². The predicted molar refractivity (Wildman–Crippen MR) is 84.3 cm³/mol. The van der Waals surface area contributed by atoms with Crippen molar-refractivity contribution in [1.82, 2.24) is 4.57 Å². The molecular formula is C15H18N2O3S. The van der Waals surface area contributed by atoms with Crippen LogP contribution >= 0.6 is 11.3 Å². The van der Waals surface area contributed by atoms with Crippen molar-refractivity contribution in [2.75, 3.05) is 12.3 Å². The molecule has 0 saturated heterocycles. The quantitative estimate of drug-likeness (QED) is 0.505. The van der Waals surface area contributed by atoms with Crippen LogP contribution in [0.15, 0.2) is 34.4 Å². The third kappa shape index (κ3) is 3.95. The average molecular weight is 306 g/mol. The summed E-state index contributed by atoms with van der Waals surface area (Å²) < 4.78 is 6.54. The van der Waals surface area contributed by atoms with Crippen molar-refractivity contribution in [3.63, 3.8) is 0 Å². The van der Waals surface area contributed by atoms with Crippen LogP contribution in [0.5, 0.6) is 0 Å². The number of ether oxygens (including phenoxy) is 1. The zero-order valence-corrected chi connectivity index (χ0v) is 12.7. The minimum absolute atomic E-state index is 0.0637. The smallest absolute Gasteiger partial charge is 0.326 e. The van der Waals surface area contributed by atoms with Crippen LogP contribution in [0.3, 0.4) is 0 Å². The average Bonchev–Trinajstić information content (AvgIpc) is 2.82. The monoisotopic (exact) mass is 306 g/mol. The molecule has 112 valence electrons. The Kier molecular flexibility index (Phi) is 5.16. The highest BCUT2D eigenvalue weighted by atomic mass is 32.1. The van der Waals surface area contributed by atoms with Crippen molar-refractivity contribution < 1.29 is 9.53 Å². The summed E-state index contributed by atoms with van der Waals surface area (Å²) in [4.78, 5) is 23.5. The molecule has 1 aromatic carbocycles. The Balaban J connectivity index is 2.17. The number of carbonyl (C=O) groups is 1. The van der Waals surface area contributed by atoms with Gasteiger partial charge in [-0.15, -0.1) is 0 Å². The van der Waals surface area contributed by atoms with Gasteiger partial charge in [0.25, 0.3) is 0 Å². The molecule has 6 heteroatoms. The van der Waals surface area contributed by atoms with Gasteiger partial charge in [-0.3, -0.25) is 14.2 Å². The van der Waals surface area contributed by atoms with Crippen LogP contribution in [0, 0.1) is 0 Å². The fourth-order valence-electron chi connectivity index (χ4n) is 1.86. The minimum Gasteiger partial charge on any atom is -0.464 e. The first kappa shape index (κ1) is 15.3. The van der Waals surface area contributed by atoms with Gasteiger partial charge in [0.2, 0.25) is 0 Å². The van der Waals surface area contributed by atoms with Gasteiger partial charge in [0, 0.05) is 11.1 Å². The van der Waals surface area contributed by atoms with E-state index in [1.807, 2.05) is 19.1 Å². The topological polar surface area (TPSA) is 74.3 Å². The molecule has 21 heavy (non-hydrogen) atoms. The number of unbranched alkanes of at least 4 members (excludes halogenated alkanes) is 1. The number of carbonyl (C=O) groups excluding carboxylic acids is 1. The van der Waals surface area contributed by atoms with Crippen LogP contribution in [-0.2, 0) is 16.1 Å². The maximum Gasteiger partial charge on any atom is 0.326 e. The second-order valence-electron chi connectivity index (χ2n) is 4.67. The van der Waals surface area contributed by atoms with Crippen molar-refractivity contribution >= 4 is 23.0 Å². The SMILES string of the molecule is CCCCOC(=O)Cn1c(-c2ccc(N)cc2)csc1=O. The number of nitrogens with two attached hydrogens (primary N) is 1. The molecule has 2 rings (SSSR count). The van der Waals surface area contributed by atoms with Gasteiger partial charge in [-0.2, -0.15) is 0 Å². The number of rotatable bonds is 6. The summed E-state index contributed by atoms with van der Waals surface area (Å²) >= 11 is 1.07. The number of hydrogen-bond acceptors (Lipinski definition) is 5. The first-order valence-electron chi connectivity index (χ1n) is 6.81. The summed E-state index contributed by atoms with van der Waals surface area (Å²) in [6.45, 7) is 2.35. The number of hydrogen-bond donors (Lipinski definition) is 1. The van der Waals surface area contributed by atoms with Crippen LogP contribution in [0.1, 0.15) is 19.8 Å². The van der Waals surface area contributed by atoms with E-state index in [-0.39, 0.29) is 17.4 Å². The standard InChI is InChI=1S/C15H18N2O3S/c1-2-3-8-20-14(18)9-17-13(10-21-15(17)19)11-4-6-12(16)7-5-11/h4-7,10H,2-3,8-9,16H2,1H3. The molecule has 2 aromatic rings. The van der Waals surface area contributed by atoms with Gasteiger partial charge in [0.1, 0.15) is 6.54 Å². The highest BCUT2D eigenvalue weighted by molar-refractivity contribution is 7.07. The Morgan fingerprint density at radius 1 is 1.33 bits per heavy atom. The second kappa shape index (κ2) is 7.08.